The average Bonchev–Trinajstić information content (AvgIpc) is 3.27. The summed E-state index contributed by atoms with van der Waals surface area (Å²) < 4.78 is 0. The second kappa shape index (κ2) is 6.88. The van der Waals surface area contributed by atoms with Crippen LogP contribution < -0.4 is 5.32 Å². The topological polar surface area (TPSA) is 49.4 Å². The smallest absolute Gasteiger partial charge is 0.254 e. The number of rotatable bonds is 3. The molecule has 3 heterocycles. The fourth-order valence-corrected chi connectivity index (χ4v) is 4.97. The Morgan fingerprint density at radius 3 is 2.65 bits per heavy atom. The van der Waals surface area contributed by atoms with Gasteiger partial charge in [0, 0.05) is 28.9 Å². The lowest BCUT2D eigenvalue weighted by Crippen LogP contribution is -2.52. The molecule has 0 unspecified atom stereocenters. The molecule has 136 valence electrons. The molecule has 2 aromatic rings. The minimum absolute atomic E-state index is 0.0672. The number of amides is 2. The maximum atomic E-state index is 12.7. The summed E-state index contributed by atoms with van der Waals surface area (Å²) >= 11 is 1.65. The molecule has 0 radical (unpaired) electrons. The molecule has 1 aromatic carbocycles. The Morgan fingerprint density at radius 2 is 2.00 bits per heavy atom. The van der Waals surface area contributed by atoms with Gasteiger partial charge in [0.2, 0.25) is 5.91 Å². The molecule has 1 atom stereocenters. The van der Waals surface area contributed by atoms with Crippen LogP contribution in [0.2, 0.25) is 0 Å². The Bertz CT molecular complexity index is 806. The molecule has 2 fully saturated rings. The number of nitrogens with one attached hydrogen (secondary N) is 1. The van der Waals surface area contributed by atoms with Crippen LogP contribution in [0.15, 0.2) is 41.8 Å². The van der Waals surface area contributed by atoms with Crippen LogP contribution >= 0.6 is 11.3 Å². The maximum Gasteiger partial charge on any atom is 0.254 e. The maximum absolute atomic E-state index is 12.7. The summed E-state index contributed by atoms with van der Waals surface area (Å²) in [6.45, 7) is 3.52. The molecule has 26 heavy (non-hydrogen) atoms. The van der Waals surface area contributed by atoms with Crippen molar-refractivity contribution < 1.29 is 9.59 Å². The first-order chi connectivity index (χ1) is 12.6. The molecular formula is C21H24N2O2S. The molecule has 0 aliphatic carbocycles. The second-order valence-electron chi connectivity index (χ2n) is 7.38. The summed E-state index contributed by atoms with van der Waals surface area (Å²) in [4.78, 5) is 28.4. The third-order valence-electron chi connectivity index (χ3n) is 5.76. The van der Waals surface area contributed by atoms with Crippen molar-refractivity contribution in [1.29, 1.82) is 0 Å². The first-order valence-corrected chi connectivity index (χ1v) is 10.2. The van der Waals surface area contributed by atoms with Crippen molar-refractivity contribution in [3.8, 4) is 0 Å². The number of hydrogen-bond donors (Lipinski definition) is 1. The fraction of sp³-hybridized carbons (Fsp3) is 0.429. The summed E-state index contributed by atoms with van der Waals surface area (Å²) in [5.41, 5.74) is 1.74. The monoisotopic (exact) mass is 368 g/mol. The Morgan fingerprint density at radius 1 is 1.27 bits per heavy atom. The van der Waals surface area contributed by atoms with Gasteiger partial charge in [-0.25, -0.2) is 0 Å². The van der Waals surface area contributed by atoms with Gasteiger partial charge < -0.3 is 10.2 Å². The van der Waals surface area contributed by atoms with Crippen LogP contribution in [0.25, 0.3) is 0 Å². The van der Waals surface area contributed by atoms with Crippen LogP contribution in [-0.4, -0.2) is 35.3 Å². The largest absolute Gasteiger partial charge is 0.350 e. The highest BCUT2D eigenvalue weighted by Gasteiger charge is 2.46. The van der Waals surface area contributed by atoms with Crippen LogP contribution in [0.3, 0.4) is 0 Å². The standard InChI is InChI=1S/C21H24N2O2S/c1-2-17-12-16(14-26-17)20(25)23-10-8-21(9-11-23)13-18(19(24)22-21)15-6-4-3-5-7-15/h3-7,12,14,18H,2,8-11,13H2,1H3,(H,22,24)/t18-/m0/s1. The van der Waals surface area contributed by atoms with Crippen molar-refractivity contribution in [2.45, 2.75) is 44.1 Å². The average molecular weight is 369 g/mol. The number of likely N-dealkylation sites (tertiary alicyclic amines) is 1. The van der Waals surface area contributed by atoms with Crippen molar-refractivity contribution in [1.82, 2.24) is 10.2 Å². The highest BCUT2D eigenvalue weighted by Crippen LogP contribution is 2.39. The lowest BCUT2D eigenvalue weighted by molar-refractivity contribution is -0.121. The van der Waals surface area contributed by atoms with Crippen LogP contribution in [0.4, 0.5) is 0 Å². The van der Waals surface area contributed by atoms with Crippen molar-refractivity contribution in [3.05, 3.63) is 57.8 Å². The molecule has 2 aliphatic rings. The van der Waals surface area contributed by atoms with Gasteiger partial charge in [-0.15, -0.1) is 11.3 Å². The molecule has 1 N–H and O–H groups in total. The summed E-state index contributed by atoms with van der Waals surface area (Å²) in [6, 6.07) is 12.0. The number of thiophene rings is 1. The van der Waals surface area contributed by atoms with Gasteiger partial charge >= 0.3 is 0 Å². The Balaban J connectivity index is 1.42. The van der Waals surface area contributed by atoms with Gasteiger partial charge in [-0.3, -0.25) is 9.59 Å². The van der Waals surface area contributed by atoms with Crippen molar-refractivity contribution in [3.63, 3.8) is 0 Å². The highest BCUT2D eigenvalue weighted by atomic mass is 32.1. The van der Waals surface area contributed by atoms with E-state index in [0.29, 0.717) is 13.1 Å². The summed E-state index contributed by atoms with van der Waals surface area (Å²) in [6.07, 6.45) is 3.46. The second-order valence-corrected chi connectivity index (χ2v) is 8.38. The summed E-state index contributed by atoms with van der Waals surface area (Å²) in [7, 11) is 0. The van der Waals surface area contributed by atoms with E-state index in [1.165, 1.54) is 4.88 Å². The Hall–Kier alpha value is -2.14. The summed E-state index contributed by atoms with van der Waals surface area (Å²) in [5, 5.41) is 5.22. The molecule has 0 bridgehead atoms. The van der Waals surface area contributed by atoms with Crippen molar-refractivity contribution >= 4 is 23.2 Å². The molecular weight excluding hydrogens is 344 g/mol. The Kier molecular flexibility index (Phi) is 4.57. The molecule has 4 nitrogen and oxygen atoms in total. The number of carbonyl (C=O) groups is 2. The molecule has 5 heteroatoms. The number of aryl methyl sites for hydroxylation is 1. The number of piperidine rings is 1. The quantitative estimate of drug-likeness (QED) is 0.900. The first-order valence-electron chi connectivity index (χ1n) is 9.34. The van der Waals surface area contributed by atoms with E-state index in [9.17, 15) is 9.59 Å². The molecule has 0 saturated carbocycles. The first kappa shape index (κ1) is 17.3. The van der Waals surface area contributed by atoms with E-state index < -0.39 is 0 Å². The van der Waals surface area contributed by atoms with Gasteiger partial charge in [0.15, 0.2) is 0 Å². The molecule has 1 aromatic heterocycles. The van der Waals surface area contributed by atoms with Crippen LogP contribution in [0, 0.1) is 0 Å². The lowest BCUT2D eigenvalue weighted by Gasteiger charge is -2.39. The summed E-state index contributed by atoms with van der Waals surface area (Å²) in [5.74, 6) is 0.184. The molecule has 1 spiro atoms. The van der Waals surface area contributed by atoms with E-state index >= 15 is 0 Å². The van der Waals surface area contributed by atoms with Gasteiger partial charge in [-0.05, 0) is 37.3 Å². The third kappa shape index (κ3) is 3.16. The minimum Gasteiger partial charge on any atom is -0.350 e. The Labute approximate surface area is 158 Å². The van der Waals surface area contributed by atoms with E-state index in [4.69, 9.17) is 0 Å². The number of benzene rings is 1. The van der Waals surface area contributed by atoms with Crippen LogP contribution in [-0.2, 0) is 11.2 Å². The normalized spacial score (nSPS) is 21.8. The molecule has 4 rings (SSSR count). The zero-order valence-corrected chi connectivity index (χ0v) is 15.8. The van der Waals surface area contributed by atoms with E-state index in [0.717, 1.165) is 36.8 Å². The van der Waals surface area contributed by atoms with E-state index in [2.05, 4.69) is 12.2 Å². The fourth-order valence-electron chi connectivity index (χ4n) is 4.17. The van der Waals surface area contributed by atoms with E-state index in [1.807, 2.05) is 46.7 Å². The highest BCUT2D eigenvalue weighted by molar-refractivity contribution is 7.10. The van der Waals surface area contributed by atoms with Crippen molar-refractivity contribution in [2.24, 2.45) is 0 Å². The number of carbonyl (C=O) groups excluding carboxylic acids is 2. The zero-order chi connectivity index (χ0) is 18.1. The molecule has 2 saturated heterocycles. The van der Waals surface area contributed by atoms with Gasteiger partial charge in [0.25, 0.3) is 5.91 Å². The number of nitrogens with zero attached hydrogens (tertiary/aromatic N) is 1. The van der Waals surface area contributed by atoms with Crippen molar-refractivity contribution in [2.75, 3.05) is 13.1 Å². The van der Waals surface area contributed by atoms with E-state index in [1.54, 1.807) is 11.3 Å². The predicted molar refractivity (Wildman–Crippen MR) is 104 cm³/mol. The third-order valence-corrected chi connectivity index (χ3v) is 6.84. The number of hydrogen-bond acceptors (Lipinski definition) is 3. The predicted octanol–water partition coefficient (Wildman–Crippen LogP) is 3.59. The minimum atomic E-state index is -0.155. The SMILES string of the molecule is CCc1cc(C(=O)N2CCC3(CC2)C[C@@H](c2ccccc2)C(=O)N3)cs1. The van der Waals surface area contributed by atoms with Gasteiger partial charge in [-0.1, -0.05) is 37.3 Å². The van der Waals surface area contributed by atoms with Gasteiger partial charge in [-0.2, -0.15) is 0 Å². The van der Waals surface area contributed by atoms with Gasteiger partial charge in [0.1, 0.15) is 0 Å². The van der Waals surface area contributed by atoms with Crippen LogP contribution in [0.1, 0.15) is 52.9 Å². The lowest BCUT2D eigenvalue weighted by atomic mass is 9.82. The molecule has 2 amide bonds. The van der Waals surface area contributed by atoms with E-state index in [-0.39, 0.29) is 23.3 Å². The zero-order valence-electron chi connectivity index (χ0n) is 15.0. The van der Waals surface area contributed by atoms with Gasteiger partial charge in [0.05, 0.1) is 11.5 Å². The van der Waals surface area contributed by atoms with Crippen LogP contribution in [0.5, 0.6) is 0 Å². The molecule has 2 aliphatic heterocycles.